The Balaban J connectivity index is 2.14. The van der Waals surface area contributed by atoms with E-state index in [1.807, 2.05) is 14.0 Å². The lowest BCUT2D eigenvalue weighted by Gasteiger charge is -2.36. The zero-order valence-electron chi connectivity index (χ0n) is 16.2. The smallest absolute Gasteiger partial charge is 0.247 e. The van der Waals surface area contributed by atoms with Crippen LogP contribution in [0.5, 0.6) is 5.75 Å². The molecule has 2 N–H and O–H groups in total. The molecule has 0 saturated heterocycles. The first-order valence-corrected chi connectivity index (χ1v) is 10.7. The van der Waals surface area contributed by atoms with Gasteiger partial charge in [-0.3, -0.25) is 0 Å². The molecule has 0 spiro atoms. The van der Waals surface area contributed by atoms with E-state index in [1.165, 1.54) is 10.6 Å². The van der Waals surface area contributed by atoms with Gasteiger partial charge in [-0.05, 0) is 31.7 Å². The zero-order chi connectivity index (χ0) is 20.3. The van der Waals surface area contributed by atoms with Gasteiger partial charge in [0.05, 0.1) is 6.61 Å². The predicted octanol–water partition coefficient (Wildman–Crippen LogP) is 1.13. The number of hydrogen-bond acceptors (Lipinski definition) is 7. The Hall–Kier alpha value is -2.07. The average Bonchev–Trinajstić information content (AvgIpc) is 2.70. The van der Waals surface area contributed by atoms with Crippen LogP contribution in [0.25, 0.3) is 11.1 Å². The normalized spacial score (nSPS) is 23.1. The van der Waals surface area contributed by atoms with Crippen molar-refractivity contribution in [3.8, 4) is 16.9 Å². The third kappa shape index (κ3) is 4.02. The highest BCUT2D eigenvalue weighted by molar-refractivity contribution is 7.89. The topological polar surface area (TPSA) is 105 Å². The molecule has 28 heavy (non-hydrogen) atoms. The maximum absolute atomic E-state index is 13.3. The molecule has 0 unspecified atom stereocenters. The first-order chi connectivity index (χ1) is 13.4. The SMILES string of the molecule is CNC[C@H]1Oc2cc(-c3cncnc3)ccc2S(=O)(=O)N([C@@H](C)CO)C[C@@H]1C. The fourth-order valence-electron chi connectivity index (χ4n) is 3.30. The van der Waals surface area contributed by atoms with E-state index in [0.29, 0.717) is 12.3 Å². The summed E-state index contributed by atoms with van der Waals surface area (Å²) < 4.78 is 34.2. The molecule has 1 aromatic carbocycles. The van der Waals surface area contributed by atoms with Crippen molar-refractivity contribution in [1.29, 1.82) is 0 Å². The third-order valence-electron chi connectivity index (χ3n) is 4.97. The number of sulfonamides is 1. The van der Waals surface area contributed by atoms with E-state index >= 15 is 0 Å². The molecule has 0 radical (unpaired) electrons. The fourth-order valence-corrected chi connectivity index (χ4v) is 5.12. The molecule has 0 aliphatic carbocycles. The maximum atomic E-state index is 13.3. The molecular weight excluding hydrogens is 380 g/mol. The highest BCUT2D eigenvalue weighted by atomic mass is 32.2. The molecule has 0 bridgehead atoms. The number of aromatic nitrogens is 2. The minimum atomic E-state index is -3.83. The van der Waals surface area contributed by atoms with Gasteiger partial charge in [0.15, 0.2) is 0 Å². The minimum absolute atomic E-state index is 0.0758. The van der Waals surface area contributed by atoms with Crippen molar-refractivity contribution < 1.29 is 18.3 Å². The van der Waals surface area contributed by atoms with Gasteiger partial charge in [-0.2, -0.15) is 4.31 Å². The number of fused-ring (bicyclic) bond motifs is 1. The van der Waals surface area contributed by atoms with E-state index in [1.54, 1.807) is 37.5 Å². The highest BCUT2D eigenvalue weighted by Gasteiger charge is 2.37. The summed E-state index contributed by atoms with van der Waals surface area (Å²) in [6.45, 7) is 4.24. The van der Waals surface area contributed by atoms with Gasteiger partial charge in [0.2, 0.25) is 10.0 Å². The Morgan fingerprint density at radius 3 is 2.68 bits per heavy atom. The molecule has 2 aromatic rings. The quantitative estimate of drug-likeness (QED) is 0.767. The van der Waals surface area contributed by atoms with Crippen LogP contribution in [0.15, 0.2) is 41.8 Å². The lowest BCUT2D eigenvalue weighted by atomic mass is 10.0. The second kappa shape index (κ2) is 8.52. The van der Waals surface area contributed by atoms with Crippen molar-refractivity contribution >= 4 is 10.0 Å². The lowest BCUT2D eigenvalue weighted by Crippen LogP contribution is -2.49. The number of rotatable bonds is 5. The third-order valence-corrected chi connectivity index (χ3v) is 6.99. The van der Waals surface area contributed by atoms with Gasteiger partial charge in [0.1, 0.15) is 23.1 Å². The number of nitrogens with one attached hydrogen (secondary N) is 1. The van der Waals surface area contributed by atoms with Crippen LogP contribution in [0.4, 0.5) is 0 Å². The first-order valence-electron chi connectivity index (χ1n) is 9.22. The van der Waals surface area contributed by atoms with Crippen LogP contribution < -0.4 is 10.1 Å². The van der Waals surface area contributed by atoms with Gasteiger partial charge in [-0.25, -0.2) is 18.4 Å². The first kappa shape index (κ1) is 20.7. The Bertz CT molecular complexity index is 907. The van der Waals surface area contributed by atoms with Crippen LogP contribution in [0.2, 0.25) is 0 Å². The van der Waals surface area contributed by atoms with Crippen LogP contribution >= 0.6 is 0 Å². The van der Waals surface area contributed by atoms with Crippen LogP contribution in [0.1, 0.15) is 13.8 Å². The molecule has 1 aliphatic rings. The summed E-state index contributed by atoms with van der Waals surface area (Å²) in [7, 11) is -2.00. The van der Waals surface area contributed by atoms with E-state index in [4.69, 9.17) is 4.74 Å². The molecule has 0 saturated carbocycles. The monoisotopic (exact) mass is 406 g/mol. The van der Waals surface area contributed by atoms with Crippen LogP contribution in [-0.4, -0.2) is 66.7 Å². The second-order valence-corrected chi connectivity index (χ2v) is 8.95. The van der Waals surface area contributed by atoms with Crippen LogP contribution in [-0.2, 0) is 10.0 Å². The molecule has 1 aromatic heterocycles. The van der Waals surface area contributed by atoms with E-state index in [9.17, 15) is 13.5 Å². The summed E-state index contributed by atoms with van der Waals surface area (Å²) in [4.78, 5) is 8.14. The van der Waals surface area contributed by atoms with E-state index < -0.39 is 16.1 Å². The minimum Gasteiger partial charge on any atom is -0.487 e. The number of aliphatic hydroxyl groups is 1. The highest BCUT2D eigenvalue weighted by Crippen LogP contribution is 2.36. The summed E-state index contributed by atoms with van der Waals surface area (Å²) in [5.41, 5.74) is 1.54. The van der Waals surface area contributed by atoms with Crippen molar-refractivity contribution in [3.05, 3.63) is 36.9 Å². The Morgan fingerprint density at radius 1 is 1.32 bits per heavy atom. The number of benzene rings is 1. The van der Waals surface area contributed by atoms with Crippen LogP contribution in [0, 0.1) is 5.92 Å². The Morgan fingerprint density at radius 2 is 2.04 bits per heavy atom. The molecule has 2 heterocycles. The van der Waals surface area contributed by atoms with Gasteiger partial charge < -0.3 is 15.2 Å². The molecule has 1 aliphatic heterocycles. The average molecular weight is 407 g/mol. The summed E-state index contributed by atoms with van der Waals surface area (Å²) in [6.07, 6.45) is 4.55. The van der Waals surface area contributed by atoms with Gasteiger partial charge in [-0.1, -0.05) is 13.0 Å². The number of hydrogen-bond donors (Lipinski definition) is 2. The van der Waals surface area contributed by atoms with Crippen molar-refractivity contribution in [2.75, 3.05) is 26.7 Å². The number of nitrogens with zero attached hydrogens (tertiary/aromatic N) is 3. The standard InChI is InChI=1S/C19H26N4O4S/c1-13-10-23(14(2)11-24)28(25,26)19-5-4-15(16-7-21-12-22-8-16)6-17(19)27-18(13)9-20-3/h4-8,12-14,18,20,24H,9-11H2,1-3H3/t13-,14-,18+/m0/s1. The number of ether oxygens (including phenoxy) is 1. The molecule has 0 fully saturated rings. The molecular formula is C19H26N4O4S. The molecule has 3 atom stereocenters. The van der Waals surface area contributed by atoms with Crippen molar-refractivity contribution in [2.45, 2.75) is 30.9 Å². The van der Waals surface area contributed by atoms with Crippen molar-refractivity contribution in [1.82, 2.24) is 19.6 Å². The largest absolute Gasteiger partial charge is 0.487 e. The van der Waals surface area contributed by atoms with E-state index in [2.05, 4.69) is 15.3 Å². The fraction of sp³-hybridized carbons (Fsp3) is 0.474. The van der Waals surface area contributed by atoms with Gasteiger partial charge >= 0.3 is 0 Å². The van der Waals surface area contributed by atoms with Crippen LogP contribution in [0.3, 0.4) is 0 Å². The Labute approximate surface area is 165 Å². The number of aliphatic hydroxyl groups excluding tert-OH is 1. The summed E-state index contributed by atoms with van der Waals surface area (Å²) in [5.74, 6) is 0.219. The molecule has 0 amide bonds. The predicted molar refractivity (Wildman–Crippen MR) is 105 cm³/mol. The second-order valence-electron chi connectivity index (χ2n) is 7.09. The summed E-state index contributed by atoms with van der Waals surface area (Å²) in [6, 6.07) is 4.46. The zero-order valence-corrected chi connectivity index (χ0v) is 17.1. The molecule has 8 nitrogen and oxygen atoms in total. The van der Waals surface area contributed by atoms with E-state index in [0.717, 1.165) is 11.1 Å². The summed E-state index contributed by atoms with van der Waals surface area (Å²) >= 11 is 0. The number of likely N-dealkylation sites (N-methyl/N-ethyl adjacent to an activating group) is 1. The van der Waals surface area contributed by atoms with Gasteiger partial charge in [0, 0.05) is 43.0 Å². The van der Waals surface area contributed by atoms with Gasteiger partial charge in [-0.15, -0.1) is 0 Å². The maximum Gasteiger partial charge on any atom is 0.247 e. The molecule has 3 rings (SSSR count). The molecule has 9 heteroatoms. The Kier molecular flexibility index (Phi) is 6.29. The van der Waals surface area contributed by atoms with Crippen molar-refractivity contribution in [2.24, 2.45) is 5.92 Å². The van der Waals surface area contributed by atoms with Crippen molar-refractivity contribution in [3.63, 3.8) is 0 Å². The van der Waals surface area contributed by atoms with Gasteiger partial charge in [0.25, 0.3) is 0 Å². The molecule has 152 valence electrons. The van der Waals surface area contributed by atoms with E-state index in [-0.39, 0.29) is 30.1 Å². The summed E-state index contributed by atoms with van der Waals surface area (Å²) in [5, 5.41) is 12.7. The lowest BCUT2D eigenvalue weighted by molar-refractivity contribution is 0.103.